The zero-order valence-corrected chi connectivity index (χ0v) is 17.5. The third kappa shape index (κ3) is 8.21. The van der Waals surface area contributed by atoms with E-state index in [2.05, 4.69) is 10.6 Å². The van der Waals surface area contributed by atoms with Gasteiger partial charge in [0.15, 0.2) is 5.66 Å². The number of aliphatic hydroxyl groups is 1. The molecule has 1 rings (SSSR count). The average Bonchev–Trinajstić information content (AvgIpc) is 2.61. The second-order valence-corrected chi connectivity index (χ2v) is 9.19. The Morgan fingerprint density at radius 2 is 1.74 bits per heavy atom. The number of nitrogens with one attached hydrogen (secondary N) is 2. The van der Waals surface area contributed by atoms with Gasteiger partial charge in [0.1, 0.15) is 6.04 Å². The van der Waals surface area contributed by atoms with E-state index in [1.165, 1.54) is 6.92 Å². The van der Waals surface area contributed by atoms with E-state index in [9.17, 15) is 24.2 Å². The molecule has 1 fully saturated rings. The van der Waals surface area contributed by atoms with Gasteiger partial charge in [0.25, 0.3) is 0 Å². The van der Waals surface area contributed by atoms with Crippen molar-refractivity contribution >= 4 is 19.8 Å². The summed E-state index contributed by atoms with van der Waals surface area (Å²) < 4.78 is 11.7. The van der Waals surface area contributed by atoms with Gasteiger partial charge in [0.2, 0.25) is 11.8 Å². The zero-order chi connectivity index (χ0) is 20.6. The van der Waals surface area contributed by atoms with Crippen LogP contribution >= 0.6 is 8.03 Å². The highest BCUT2D eigenvalue weighted by Crippen LogP contribution is 2.40. The second kappa shape index (κ2) is 11.7. The number of rotatable bonds is 10. The van der Waals surface area contributed by atoms with Gasteiger partial charge in [-0.15, -0.1) is 0 Å². The number of carbonyl (C=O) groups is 2. The molecule has 0 bridgehead atoms. The van der Waals surface area contributed by atoms with Crippen molar-refractivity contribution in [3.05, 3.63) is 0 Å². The molecule has 0 aromatic heterocycles. The highest BCUT2D eigenvalue weighted by Gasteiger charge is 2.39. The molecule has 8 nitrogen and oxygen atoms in total. The van der Waals surface area contributed by atoms with E-state index >= 15 is 0 Å². The minimum absolute atomic E-state index is 0.0253. The molecule has 6 N–H and O–H groups in total. The van der Waals surface area contributed by atoms with E-state index in [-0.39, 0.29) is 24.8 Å². The van der Waals surface area contributed by atoms with Crippen molar-refractivity contribution in [3.63, 3.8) is 0 Å². The molecule has 2 amide bonds. The number of hydrogen-bond donors (Lipinski definition) is 5. The largest absolute Gasteiger partial charge is 0.509 e. The molecule has 0 radical (unpaired) electrons. The Morgan fingerprint density at radius 1 is 1.15 bits per heavy atom. The summed E-state index contributed by atoms with van der Waals surface area (Å²) in [6.07, 6.45) is 4.32. The van der Waals surface area contributed by atoms with Crippen LogP contribution < -0.4 is 16.4 Å². The van der Waals surface area contributed by atoms with Gasteiger partial charge in [0.05, 0.1) is 12.1 Å². The second-order valence-electron chi connectivity index (χ2n) is 7.92. The van der Waals surface area contributed by atoms with Crippen LogP contribution in [0, 0.1) is 11.8 Å². The molecule has 2 unspecified atom stereocenters. The molecule has 0 saturated heterocycles. The standard InChI is InChI=1S/C18H34N3O5P/c1-11(2)16(21-17(23)12(3)19)18(24)20-10-14(22)9-15(27(25)26)13-7-5-4-6-8-13/h11-16,22H,4-10,19H2,1-3H3,(H2-,20,21,23,24,25,26)/p+1/t12-,14+,15?,16+/m0/s1. The van der Waals surface area contributed by atoms with Crippen LogP contribution in [0.4, 0.5) is 0 Å². The van der Waals surface area contributed by atoms with E-state index in [0.29, 0.717) is 0 Å². The fourth-order valence-corrected chi connectivity index (χ4v) is 4.57. The first-order valence-corrected chi connectivity index (χ1v) is 11.1. The molecule has 1 aliphatic rings. The molecular formula is C18H35N3O5P+. The lowest BCUT2D eigenvalue weighted by Crippen LogP contribution is -2.54. The number of carbonyl (C=O) groups excluding carboxylic acids is 2. The van der Waals surface area contributed by atoms with Crippen molar-refractivity contribution in [2.75, 3.05) is 6.54 Å². The summed E-state index contributed by atoms with van der Waals surface area (Å²) in [5, 5.41) is 15.5. The van der Waals surface area contributed by atoms with E-state index < -0.39 is 43.7 Å². The Bertz CT molecular complexity index is 509. The number of aliphatic hydroxyl groups excluding tert-OH is 1. The monoisotopic (exact) mass is 404 g/mol. The van der Waals surface area contributed by atoms with Crippen LogP contribution in [0.1, 0.15) is 59.3 Å². The lowest BCUT2D eigenvalue weighted by Gasteiger charge is -2.25. The van der Waals surface area contributed by atoms with Crippen LogP contribution in [0.15, 0.2) is 0 Å². The van der Waals surface area contributed by atoms with Crippen molar-refractivity contribution in [1.29, 1.82) is 0 Å². The first-order chi connectivity index (χ1) is 12.6. The third-order valence-corrected chi connectivity index (χ3v) is 6.36. The van der Waals surface area contributed by atoms with Crippen LogP contribution in [-0.4, -0.2) is 52.2 Å². The predicted octanol–water partition coefficient (Wildman–Crippen LogP) is 1.03. The van der Waals surface area contributed by atoms with Crippen LogP contribution in [-0.2, 0) is 14.2 Å². The topological polar surface area (TPSA) is 142 Å². The molecular weight excluding hydrogens is 369 g/mol. The summed E-state index contributed by atoms with van der Waals surface area (Å²) in [4.78, 5) is 33.8. The van der Waals surface area contributed by atoms with Crippen molar-refractivity contribution in [3.8, 4) is 0 Å². The number of amides is 2. The molecule has 1 saturated carbocycles. The van der Waals surface area contributed by atoms with Crippen molar-refractivity contribution in [2.45, 2.75) is 83.1 Å². The van der Waals surface area contributed by atoms with Crippen molar-refractivity contribution in [2.24, 2.45) is 17.6 Å². The normalized spacial score (nSPS) is 20.5. The molecule has 0 spiro atoms. The van der Waals surface area contributed by atoms with Crippen molar-refractivity contribution < 1.29 is 24.2 Å². The average molecular weight is 404 g/mol. The highest BCUT2D eigenvalue weighted by molar-refractivity contribution is 7.38. The van der Waals surface area contributed by atoms with Crippen LogP contribution in [0.2, 0.25) is 0 Å². The van der Waals surface area contributed by atoms with Gasteiger partial charge in [-0.05, 0) is 30.2 Å². The molecule has 5 atom stereocenters. The summed E-state index contributed by atoms with van der Waals surface area (Å²) in [7, 11) is -2.38. The molecule has 0 heterocycles. The molecule has 0 aliphatic heterocycles. The summed E-state index contributed by atoms with van der Waals surface area (Å²) in [6.45, 7) is 5.12. The van der Waals surface area contributed by atoms with Gasteiger partial charge in [-0.25, -0.2) is 0 Å². The SMILES string of the molecule is CC(C)[C@@H](NC(=O)[C@H](C)N)C(=O)NC[C@H](O)CC(C1CCCCC1)[P+](=O)O. The summed E-state index contributed by atoms with van der Waals surface area (Å²) >= 11 is 0. The van der Waals surface area contributed by atoms with Gasteiger partial charge in [-0.1, -0.05) is 33.1 Å². The van der Waals surface area contributed by atoms with Crippen LogP contribution in [0.5, 0.6) is 0 Å². The summed E-state index contributed by atoms with van der Waals surface area (Å²) in [6, 6.07) is -1.47. The van der Waals surface area contributed by atoms with Gasteiger partial charge in [0, 0.05) is 18.9 Å². The van der Waals surface area contributed by atoms with Crippen LogP contribution in [0.25, 0.3) is 0 Å². The Kier molecular flexibility index (Phi) is 10.4. The smallest absolute Gasteiger partial charge is 0.391 e. The predicted molar refractivity (Wildman–Crippen MR) is 104 cm³/mol. The van der Waals surface area contributed by atoms with Crippen molar-refractivity contribution in [1.82, 2.24) is 10.6 Å². The quantitative estimate of drug-likeness (QED) is 0.344. The first kappa shape index (κ1) is 24.0. The molecule has 27 heavy (non-hydrogen) atoms. The zero-order valence-electron chi connectivity index (χ0n) is 16.6. The molecule has 156 valence electrons. The summed E-state index contributed by atoms with van der Waals surface area (Å²) in [5.74, 6) is -0.821. The van der Waals surface area contributed by atoms with Gasteiger partial charge in [-0.3, -0.25) is 9.59 Å². The van der Waals surface area contributed by atoms with E-state index in [0.717, 1.165) is 32.1 Å². The minimum atomic E-state index is -2.38. The first-order valence-electron chi connectivity index (χ1n) is 9.80. The van der Waals surface area contributed by atoms with Gasteiger partial charge in [-0.2, -0.15) is 4.89 Å². The molecule has 0 aromatic rings. The summed E-state index contributed by atoms with van der Waals surface area (Å²) in [5.41, 5.74) is 5.07. The minimum Gasteiger partial charge on any atom is -0.391 e. The maximum absolute atomic E-state index is 12.4. The molecule has 9 heteroatoms. The fourth-order valence-electron chi connectivity index (χ4n) is 3.49. The lowest BCUT2D eigenvalue weighted by molar-refractivity contribution is -0.130. The van der Waals surface area contributed by atoms with Crippen LogP contribution in [0.3, 0.4) is 0 Å². The lowest BCUT2D eigenvalue weighted by atomic mass is 9.85. The Balaban J connectivity index is 2.56. The van der Waals surface area contributed by atoms with E-state index in [4.69, 9.17) is 5.73 Å². The van der Waals surface area contributed by atoms with Gasteiger partial charge < -0.3 is 21.5 Å². The van der Waals surface area contributed by atoms with E-state index in [1.807, 2.05) is 0 Å². The van der Waals surface area contributed by atoms with E-state index in [1.54, 1.807) is 13.8 Å². The van der Waals surface area contributed by atoms with Gasteiger partial charge >= 0.3 is 8.03 Å². The maximum atomic E-state index is 12.4. The fraction of sp³-hybridized carbons (Fsp3) is 0.889. The maximum Gasteiger partial charge on any atom is 0.509 e. The highest BCUT2D eigenvalue weighted by atomic mass is 31.1. The Morgan fingerprint density at radius 3 is 2.22 bits per heavy atom. The Labute approximate surface area is 162 Å². The molecule has 0 aromatic carbocycles. The number of nitrogens with two attached hydrogens (primary N) is 1. The third-order valence-electron chi connectivity index (χ3n) is 5.16. The molecule has 1 aliphatic carbocycles. The number of hydrogen-bond acceptors (Lipinski definition) is 5. The Hall–Kier alpha value is -1.08.